The molecule has 0 saturated heterocycles. The maximum absolute atomic E-state index is 5.74. The SMILES string of the molecule is COC[C@H](c1ccccn1)N(C)Cc1cccc(-c2ccc(C)o2)c1. The van der Waals surface area contributed by atoms with Crippen LogP contribution in [0.1, 0.15) is 23.1 Å². The molecule has 0 bridgehead atoms. The fraction of sp³-hybridized carbons (Fsp3) is 0.286. The van der Waals surface area contributed by atoms with E-state index in [1.165, 1.54) is 5.56 Å². The molecule has 3 aromatic rings. The van der Waals surface area contributed by atoms with E-state index in [0.717, 1.165) is 29.3 Å². The quantitative estimate of drug-likeness (QED) is 0.638. The van der Waals surface area contributed by atoms with Crippen LogP contribution in [-0.4, -0.2) is 30.6 Å². The Kier molecular flexibility index (Phi) is 5.64. The van der Waals surface area contributed by atoms with Crippen LogP contribution in [0.25, 0.3) is 11.3 Å². The van der Waals surface area contributed by atoms with Crippen LogP contribution in [0, 0.1) is 6.92 Å². The molecule has 0 aliphatic rings. The van der Waals surface area contributed by atoms with E-state index < -0.39 is 0 Å². The molecule has 3 rings (SSSR count). The zero-order valence-electron chi connectivity index (χ0n) is 15.0. The van der Waals surface area contributed by atoms with Crippen LogP contribution in [0.4, 0.5) is 0 Å². The fourth-order valence-electron chi connectivity index (χ4n) is 2.98. The lowest BCUT2D eigenvalue weighted by molar-refractivity contribution is 0.1000. The molecule has 0 amide bonds. The second-order valence-corrected chi connectivity index (χ2v) is 6.25. The zero-order valence-corrected chi connectivity index (χ0v) is 15.0. The fourth-order valence-corrected chi connectivity index (χ4v) is 2.98. The first kappa shape index (κ1) is 17.4. The molecule has 0 aliphatic carbocycles. The van der Waals surface area contributed by atoms with Gasteiger partial charge in [-0.25, -0.2) is 0 Å². The molecule has 4 nitrogen and oxygen atoms in total. The number of furan rings is 1. The van der Waals surface area contributed by atoms with Crippen molar-refractivity contribution in [3.05, 3.63) is 77.8 Å². The number of methoxy groups -OCH3 is 1. The number of rotatable bonds is 7. The van der Waals surface area contributed by atoms with Gasteiger partial charge >= 0.3 is 0 Å². The summed E-state index contributed by atoms with van der Waals surface area (Å²) in [6.07, 6.45) is 1.83. The molecule has 2 aromatic heterocycles. The van der Waals surface area contributed by atoms with Gasteiger partial charge in [0, 0.05) is 25.4 Å². The molecular weight excluding hydrogens is 312 g/mol. The number of ether oxygens (including phenoxy) is 1. The van der Waals surface area contributed by atoms with E-state index in [1.54, 1.807) is 7.11 Å². The van der Waals surface area contributed by atoms with E-state index in [2.05, 4.69) is 41.2 Å². The number of aromatic nitrogens is 1. The molecular formula is C21H24N2O2. The molecule has 0 N–H and O–H groups in total. The molecule has 0 radical (unpaired) electrons. The van der Waals surface area contributed by atoms with E-state index in [0.29, 0.717) is 6.61 Å². The van der Waals surface area contributed by atoms with Gasteiger partial charge in [-0.3, -0.25) is 9.88 Å². The van der Waals surface area contributed by atoms with Crippen LogP contribution in [0.15, 0.2) is 65.2 Å². The summed E-state index contributed by atoms with van der Waals surface area (Å²) in [4.78, 5) is 6.75. The van der Waals surface area contributed by atoms with E-state index in [1.807, 2.05) is 43.5 Å². The Bertz CT molecular complexity index is 798. The Morgan fingerprint density at radius 2 is 2.00 bits per heavy atom. The van der Waals surface area contributed by atoms with Crippen LogP contribution < -0.4 is 0 Å². The Hall–Kier alpha value is -2.43. The van der Waals surface area contributed by atoms with Crippen LogP contribution in [0.5, 0.6) is 0 Å². The van der Waals surface area contributed by atoms with E-state index in [4.69, 9.17) is 9.15 Å². The normalized spacial score (nSPS) is 12.5. The Labute approximate surface area is 149 Å². The second-order valence-electron chi connectivity index (χ2n) is 6.25. The minimum Gasteiger partial charge on any atom is -0.461 e. The van der Waals surface area contributed by atoms with Crippen molar-refractivity contribution in [1.82, 2.24) is 9.88 Å². The summed E-state index contributed by atoms with van der Waals surface area (Å²) in [5, 5.41) is 0. The third-order valence-corrected chi connectivity index (χ3v) is 4.27. The lowest BCUT2D eigenvalue weighted by Crippen LogP contribution is -2.28. The first-order valence-electron chi connectivity index (χ1n) is 8.43. The minimum atomic E-state index is 0.112. The standard InChI is InChI=1S/C21H24N2O2/c1-16-10-11-21(25-16)18-8-6-7-17(13-18)14-23(2)20(15-24-3)19-9-4-5-12-22-19/h4-13,20H,14-15H2,1-3H3/t20-/m1/s1. The molecule has 0 unspecified atom stereocenters. The third kappa shape index (κ3) is 4.35. The number of aryl methyl sites for hydroxylation is 1. The monoisotopic (exact) mass is 336 g/mol. The average molecular weight is 336 g/mol. The van der Waals surface area contributed by atoms with Crippen LogP contribution in [0.2, 0.25) is 0 Å². The van der Waals surface area contributed by atoms with Gasteiger partial charge < -0.3 is 9.15 Å². The Morgan fingerprint density at radius 3 is 2.68 bits per heavy atom. The highest BCUT2D eigenvalue weighted by Crippen LogP contribution is 2.25. The first-order valence-corrected chi connectivity index (χ1v) is 8.43. The molecule has 0 saturated carbocycles. The third-order valence-electron chi connectivity index (χ3n) is 4.27. The Balaban J connectivity index is 1.78. The number of likely N-dealkylation sites (N-methyl/N-ethyl adjacent to an activating group) is 1. The van der Waals surface area contributed by atoms with E-state index in [-0.39, 0.29) is 6.04 Å². The van der Waals surface area contributed by atoms with Crippen molar-refractivity contribution >= 4 is 0 Å². The van der Waals surface area contributed by atoms with Gasteiger partial charge in [-0.15, -0.1) is 0 Å². The maximum Gasteiger partial charge on any atom is 0.134 e. The van der Waals surface area contributed by atoms with E-state index in [9.17, 15) is 0 Å². The van der Waals surface area contributed by atoms with Crippen LogP contribution >= 0.6 is 0 Å². The average Bonchev–Trinajstić information content (AvgIpc) is 3.07. The van der Waals surface area contributed by atoms with Crippen molar-refractivity contribution in [3.63, 3.8) is 0 Å². The number of hydrogen-bond donors (Lipinski definition) is 0. The summed E-state index contributed by atoms with van der Waals surface area (Å²) in [5.74, 6) is 1.83. The van der Waals surface area contributed by atoms with Crippen molar-refractivity contribution in [3.8, 4) is 11.3 Å². The van der Waals surface area contributed by atoms with Crippen LogP contribution in [-0.2, 0) is 11.3 Å². The smallest absolute Gasteiger partial charge is 0.134 e. The molecule has 4 heteroatoms. The molecule has 1 aromatic carbocycles. The summed E-state index contributed by atoms with van der Waals surface area (Å²) in [6.45, 7) is 3.37. The highest BCUT2D eigenvalue weighted by molar-refractivity contribution is 5.58. The zero-order chi connectivity index (χ0) is 17.6. The van der Waals surface area contributed by atoms with Gasteiger partial charge in [-0.2, -0.15) is 0 Å². The van der Waals surface area contributed by atoms with E-state index >= 15 is 0 Å². The largest absolute Gasteiger partial charge is 0.461 e. The van der Waals surface area contributed by atoms with Gasteiger partial charge in [0.15, 0.2) is 0 Å². The summed E-state index contributed by atoms with van der Waals surface area (Å²) in [5.41, 5.74) is 3.34. The number of benzene rings is 1. The van der Waals surface area contributed by atoms with Gasteiger partial charge in [0.05, 0.1) is 18.3 Å². The van der Waals surface area contributed by atoms with Crippen molar-refractivity contribution in [2.45, 2.75) is 19.5 Å². The molecule has 2 heterocycles. The van der Waals surface area contributed by atoms with Gasteiger partial charge in [-0.05, 0) is 49.9 Å². The first-order chi connectivity index (χ1) is 12.2. The van der Waals surface area contributed by atoms with Gasteiger partial charge in [0.1, 0.15) is 11.5 Å². The molecule has 130 valence electrons. The highest BCUT2D eigenvalue weighted by atomic mass is 16.5. The van der Waals surface area contributed by atoms with Crippen LogP contribution in [0.3, 0.4) is 0 Å². The van der Waals surface area contributed by atoms with Gasteiger partial charge in [0.25, 0.3) is 0 Å². The van der Waals surface area contributed by atoms with Crippen molar-refractivity contribution in [2.75, 3.05) is 20.8 Å². The van der Waals surface area contributed by atoms with Crippen molar-refractivity contribution in [1.29, 1.82) is 0 Å². The predicted octanol–water partition coefficient (Wildman–Crippen LogP) is 4.47. The highest BCUT2D eigenvalue weighted by Gasteiger charge is 2.18. The molecule has 0 fully saturated rings. The molecule has 0 spiro atoms. The molecule has 0 aliphatic heterocycles. The predicted molar refractivity (Wildman–Crippen MR) is 99.2 cm³/mol. The lowest BCUT2D eigenvalue weighted by Gasteiger charge is -2.27. The van der Waals surface area contributed by atoms with Gasteiger partial charge in [-0.1, -0.05) is 24.3 Å². The topological polar surface area (TPSA) is 38.5 Å². The minimum absolute atomic E-state index is 0.112. The summed E-state index contributed by atoms with van der Waals surface area (Å²) in [7, 11) is 3.83. The lowest BCUT2D eigenvalue weighted by atomic mass is 10.1. The summed E-state index contributed by atoms with van der Waals surface area (Å²) < 4.78 is 11.2. The summed E-state index contributed by atoms with van der Waals surface area (Å²) >= 11 is 0. The van der Waals surface area contributed by atoms with Crippen molar-refractivity contribution < 1.29 is 9.15 Å². The Morgan fingerprint density at radius 1 is 1.12 bits per heavy atom. The summed E-state index contributed by atoms with van der Waals surface area (Å²) in [6, 6.07) is 18.6. The van der Waals surface area contributed by atoms with Gasteiger partial charge in [0.2, 0.25) is 0 Å². The second kappa shape index (κ2) is 8.10. The molecule has 25 heavy (non-hydrogen) atoms. The molecule has 1 atom stereocenters. The number of pyridine rings is 1. The number of hydrogen-bond acceptors (Lipinski definition) is 4. The van der Waals surface area contributed by atoms with Crippen molar-refractivity contribution in [2.24, 2.45) is 0 Å². The number of nitrogens with zero attached hydrogens (tertiary/aromatic N) is 2. The maximum atomic E-state index is 5.74.